The average Bonchev–Trinajstić information content (AvgIpc) is 2.67. The first kappa shape index (κ1) is 18.9. The molecule has 0 atom stereocenters. The average molecular weight is 432 g/mol. The van der Waals surface area contributed by atoms with Gasteiger partial charge in [0.05, 0.1) is 17.9 Å². The van der Waals surface area contributed by atoms with Gasteiger partial charge in [-0.3, -0.25) is 14.4 Å². The third-order valence-electron chi connectivity index (χ3n) is 3.96. The molecule has 2 N–H and O–H groups in total. The molecule has 8 heteroatoms. The van der Waals surface area contributed by atoms with Crippen molar-refractivity contribution < 1.29 is 19.1 Å². The van der Waals surface area contributed by atoms with Crippen LogP contribution in [0.3, 0.4) is 0 Å². The molecule has 0 spiro atoms. The van der Waals surface area contributed by atoms with Crippen molar-refractivity contribution >= 4 is 45.0 Å². The lowest BCUT2D eigenvalue weighted by molar-refractivity contribution is -0.124. The minimum Gasteiger partial charge on any atom is -0.482 e. The summed E-state index contributed by atoms with van der Waals surface area (Å²) in [7, 11) is 0. The van der Waals surface area contributed by atoms with E-state index in [2.05, 4.69) is 26.6 Å². The van der Waals surface area contributed by atoms with Gasteiger partial charge >= 0.3 is 0 Å². The van der Waals surface area contributed by atoms with Crippen molar-refractivity contribution in [1.82, 2.24) is 5.32 Å². The third kappa shape index (κ3) is 4.85. The first-order valence-electron chi connectivity index (χ1n) is 8.38. The van der Waals surface area contributed by atoms with E-state index in [0.717, 1.165) is 4.47 Å². The summed E-state index contributed by atoms with van der Waals surface area (Å²) in [6.07, 6.45) is 0.0857. The molecule has 2 aromatic rings. The van der Waals surface area contributed by atoms with E-state index in [-0.39, 0.29) is 43.8 Å². The lowest BCUT2D eigenvalue weighted by Gasteiger charge is -2.29. The van der Waals surface area contributed by atoms with Crippen LogP contribution in [0.4, 0.5) is 11.4 Å². The summed E-state index contributed by atoms with van der Waals surface area (Å²) in [6, 6.07) is 14.4. The Morgan fingerprint density at radius 3 is 2.63 bits per heavy atom. The van der Waals surface area contributed by atoms with Crippen LogP contribution in [-0.2, 0) is 14.4 Å². The van der Waals surface area contributed by atoms with E-state index in [9.17, 15) is 14.4 Å². The van der Waals surface area contributed by atoms with Gasteiger partial charge in [0.15, 0.2) is 6.61 Å². The van der Waals surface area contributed by atoms with Gasteiger partial charge in [0.1, 0.15) is 5.75 Å². The monoisotopic (exact) mass is 431 g/mol. The van der Waals surface area contributed by atoms with Gasteiger partial charge < -0.3 is 20.3 Å². The Morgan fingerprint density at radius 1 is 1.07 bits per heavy atom. The van der Waals surface area contributed by atoms with E-state index in [4.69, 9.17) is 4.74 Å². The molecule has 2 aromatic carbocycles. The van der Waals surface area contributed by atoms with Crippen LogP contribution in [0.1, 0.15) is 6.42 Å². The Bertz CT molecular complexity index is 872. The van der Waals surface area contributed by atoms with Gasteiger partial charge in [-0.2, -0.15) is 0 Å². The molecule has 3 rings (SSSR count). The van der Waals surface area contributed by atoms with Crippen LogP contribution in [0.2, 0.25) is 0 Å². The number of hydrogen-bond acceptors (Lipinski definition) is 4. The zero-order chi connectivity index (χ0) is 19.2. The van der Waals surface area contributed by atoms with Crippen molar-refractivity contribution in [3.05, 3.63) is 53.0 Å². The number of nitrogens with one attached hydrogen (secondary N) is 2. The van der Waals surface area contributed by atoms with Crippen molar-refractivity contribution in [3.63, 3.8) is 0 Å². The molecule has 0 aromatic heterocycles. The molecule has 0 aliphatic carbocycles. The van der Waals surface area contributed by atoms with Gasteiger partial charge in [-0.05, 0) is 40.2 Å². The fourth-order valence-electron chi connectivity index (χ4n) is 2.64. The molecule has 0 saturated carbocycles. The zero-order valence-corrected chi connectivity index (χ0v) is 16.0. The quantitative estimate of drug-likeness (QED) is 0.734. The highest BCUT2D eigenvalue weighted by Gasteiger charge is 2.25. The molecule has 0 bridgehead atoms. The molecule has 140 valence electrons. The summed E-state index contributed by atoms with van der Waals surface area (Å²) >= 11 is 3.34. The number of para-hydroxylation sites is 3. The molecule has 1 aliphatic heterocycles. The molecule has 0 radical (unpaired) electrons. The maximum atomic E-state index is 12.1. The maximum Gasteiger partial charge on any atom is 0.265 e. The largest absolute Gasteiger partial charge is 0.482 e. The molecule has 0 fully saturated rings. The molecular weight excluding hydrogens is 414 g/mol. The normalized spacial score (nSPS) is 12.8. The second-order valence-electron chi connectivity index (χ2n) is 5.86. The van der Waals surface area contributed by atoms with Crippen molar-refractivity contribution in [1.29, 1.82) is 0 Å². The minimum atomic E-state index is -0.331. The molecular formula is C19H18BrN3O4. The topological polar surface area (TPSA) is 87.7 Å². The fraction of sp³-hybridized carbons (Fsp3) is 0.211. The van der Waals surface area contributed by atoms with Gasteiger partial charge in [0.2, 0.25) is 11.8 Å². The number of carbonyl (C=O) groups excluding carboxylic acids is 3. The lowest BCUT2D eigenvalue weighted by Crippen LogP contribution is -2.41. The first-order chi connectivity index (χ1) is 13.0. The first-order valence-corrected chi connectivity index (χ1v) is 9.17. The van der Waals surface area contributed by atoms with Crippen molar-refractivity contribution in [2.24, 2.45) is 0 Å². The molecule has 27 heavy (non-hydrogen) atoms. The van der Waals surface area contributed by atoms with E-state index >= 15 is 0 Å². The number of benzene rings is 2. The van der Waals surface area contributed by atoms with Crippen LogP contribution < -0.4 is 20.3 Å². The van der Waals surface area contributed by atoms with Gasteiger partial charge in [0.25, 0.3) is 5.91 Å². The summed E-state index contributed by atoms with van der Waals surface area (Å²) in [5.74, 6) is -0.226. The molecule has 1 aliphatic rings. The zero-order valence-electron chi connectivity index (χ0n) is 14.4. The highest BCUT2D eigenvalue weighted by molar-refractivity contribution is 9.10. The second kappa shape index (κ2) is 8.68. The minimum absolute atomic E-state index is 0.0486. The standard InChI is InChI=1S/C19H18BrN3O4/c20-13-5-1-2-6-14(13)22-18(25)11-21-17(24)9-10-23-15-7-3-4-8-16(15)27-12-19(23)26/h1-8H,9-12H2,(H,21,24)(H,22,25). The number of anilines is 2. The van der Waals surface area contributed by atoms with Crippen LogP contribution in [-0.4, -0.2) is 37.4 Å². The number of amides is 3. The van der Waals surface area contributed by atoms with Gasteiger partial charge in [0, 0.05) is 17.4 Å². The molecule has 7 nitrogen and oxygen atoms in total. The molecule has 0 saturated heterocycles. The summed E-state index contributed by atoms with van der Waals surface area (Å²) < 4.78 is 6.13. The number of carbonyl (C=O) groups is 3. The highest BCUT2D eigenvalue weighted by Crippen LogP contribution is 2.31. The third-order valence-corrected chi connectivity index (χ3v) is 4.66. The van der Waals surface area contributed by atoms with Crippen molar-refractivity contribution in [3.8, 4) is 5.75 Å². The summed E-state index contributed by atoms with van der Waals surface area (Å²) in [4.78, 5) is 37.6. The predicted molar refractivity (Wildman–Crippen MR) is 105 cm³/mol. The van der Waals surface area contributed by atoms with Crippen molar-refractivity contribution in [2.75, 3.05) is 29.9 Å². The Labute approximate surface area is 164 Å². The maximum absolute atomic E-state index is 12.1. The molecule has 1 heterocycles. The lowest BCUT2D eigenvalue weighted by atomic mass is 10.2. The van der Waals surface area contributed by atoms with Crippen LogP contribution in [0.25, 0.3) is 0 Å². The Morgan fingerprint density at radius 2 is 1.81 bits per heavy atom. The van der Waals surface area contributed by atoms with Crippen LogP contribution in [0.5, 0.6) is 5.75 Å². The van der Waals surface area contributed by atoms with Crippen LogP contribution >= 0.6 is 15.9 Å². The second-order valence-corrected chi connectivity index (χ2v) is 6.71. The number of nitrogens with zero attached hydrogens (tertiary/aromatic N) is 1. The van der Waals surface area contributed by atoms with Crippen LogP contribution in [0.15, 0.2) is 53.0 Å². The SMILES string of the molecule is O=C(CCN1C(=O)COc2ccccc21)NCC(=O)Nc1ccccc1Br. The number of hydrogen-bond donors (Lipinski definition) is 2. The Hall–Kier alpha value is -2.87. The number of fused-ring (bicyclic) bond motifs is 1. The number of halogens is 1. The van der Waals surface area contributed by atoms with Crippen LogP contribution in [0, 0.1) is 0 Å². The molecule has 3 amide bonds. The molecule has 0 unspecified atom stereocenters. The van der Waals surface area contributed by atoms with E-state index in [1.54, 1.807) is 30.3 Å². The van der Waals surface area contributed by atoms with E-state index in [1.165, 1.54) is 4.90 Å². The Balaban J connectivity index is 1.48. The highest BCUT2D eigenvalue weighted by atomic mass is 79.9. The summed E-state index contributed by atoms with van der Waals surface area (Å²) in [5, 5.41) is 5.27. The number of rotatable bonds is 6. The summed E-state index contributed by atoms with van der Waals surface area (Å²) in [6.45, 7) is 0.0255. The number of ether oxygens (including phenoxy) is 1. The van der Waals surface area contributed by atoms with Gasteiger partial charge in [-0.1, -0.05) is 24.3 Å². The van der Waals surface area contributed by atoms with E-state index < -0.39 is 0 Å². The fourth-order valence-corrected chi connectivity index (χ4v) is 3.02. The van der Waals surface area contributed by atoms with Gasteiger partial charge in [-0.25, -0.2) is 0 Å². The Kier molecular flexibility index (Phi) is 6.08. The summed E-state index contributed by atoms with van der Waals surface area (Å²) in [5.41, 5.74) is 1.28. The van der Waals surface area contributed by atoms with E-state index in [1.807, 2.05) is 18.2 Å². The van der Waals surface area contributed by atoms with Gasteiger partial charge in [-0.15, -0.1) is 0 Å². The van der Waals surface area contributed by atoms with Crippen molar-refractivity contribution in [2.45, 2.75) is 6.42 Å². The smallest absolute Gasteiger partial charge is 0.265 e. The predicted octanol–water partition coefficient (Wildman–Crippen LogP) is 2.32. The van der Waals surface area contributed by atoms with E-state index in [0.29, 0.717) is 17.1 Å².